The fourth-order valence-corrected chi connectivity index (χ4v) is 1.38. The van der Waals surface area contributed by atoms with Gasteiger partial charge in [-0.3, -0.25) is 10.4 Å². The third-order valence-corrected chi connectivity index (χ3v) is 2.15. The number of aromatic nitrogens is 1. The molecule has 0 aliphatic carbocycles. The molecule has 2 aromatic rings. The minimum absolute atomic E-state index is 0.682. The van der Waals surface area contributed by atoms with Gasteiger partial charge in [0.1, 0.15) is 0 Å². The van der Waals surface area contributed by atoms with E-state index in [2.05, 4.69) is 15.5 Å². The third kappa shape index (κ3) is 3.07. The van der Waals surface area contributed by atoms with Crippen LogP contribution in [0, 0.1) is 0 Å². The van der Waals surface area contributed by atoms with Gasteiger partial charge in [-0.2, -0.15) is 5.10 Å². The van der Waals surface area contributed by atoms with E-state index in [4.69, 9.17) is 11.6 Å². The van der Waals surface area contributed by atoms with E-state index >= 15 is 0 Å². The topological polar surface area (TPSA) is 37.3 Å². The van der Waals surface area contributed by atoms with Crippen LogP contribution in [-0.4, -0.2) is 11.2 Å². The maximum Gasteiger partial charge on any atom is 0.0576 e. The van der Waals surface area contributed by atoms with Crippen LogP contribution in [0.15, 0.2) is 53.9 Å². The number of rotatable bonds is 3. The van der Waals surface area contributed by atoms with E-state index in [1.54, 1.807) is 18.6 Å². The number of benzene rings is 1. The molecule has 0 aliphatic rings. The minimum Gasteiger partial charge on any atom is -0.278 e. The Balaban J connectivity index is 2.00. The highest BCUT2D eigenvalue weighted by Gasteiger charge is 1.90. The second-order valence-electron chi connectivity index (χ2n) is 3.17. The van der Waals surface area contributed by atoms with Crippen LogP contribution in [0.2, 0.25) is 5.02 Å². The molecule has 0 spiro atoms. The molecule has 3 nitrogen and oxygen atoms in total. The Morgan fingerprint density at radius 1 is 1.25 bits per heavy atom. The fraction of sp³-hybridized carbons (Fsp3) is 0. The van der Waals surface area contributed by atoms with Crippen LogP contribution in [0.4, 0.5) is 5.69 Å². The zero-order valence-electron chi connectivity index (χ0n) is 8.47. The van der Waals surface area contributed by atoms with Crippen molar-refractivity contribution in [3.05, 3.63) is 59.4 Å². The molecule has 1 aromatic carbocycles. The van der Waals surface area contributed by atoms with Crippen molar-refractivity contribution in [3.8, 4) is 0 Å². The van der Waals surface area contributed by atoms with Gasteiger partial charge in [0.2, 0.25) is 0 Å². The van der Waals surface area contributed by atoms with Crippen molar-refractivity contribution >= 4 is 23.5 Å². The number of nitrogens with one attached hydrogen (secondary N) is 1. The van der Waals surface area contributed by atoms with E-state index < -0.39 is 0 Å². The fourth-order valence-electron chi connectivity index (χ4n) is 1.19. The smallest absolute Gasteiger partial charge is 0.0576 e. The van der Waals surface area contributed by atoms with Crippen molar-refractivity contribution in [3.63, 3.8) is 0 Å². The van der Waals surface area contributed by atoms with E-state index in [1.165, 1.54) is 0 Å². The van der Waals surface area contributed by atoms with Crippen molar-refractivity contribution in [2.24, 2.45) is 5.10 Å². The van der Waals surface area contributed by atoms with Crippen LogP contribution in [-0.2, 0) is 0 Å². The van der Waals surface area contributed by atoms with E-state index in [0.717, 1.165) is 11.3 Å². The van der Waals surface area contributed by atoms with E-state index in [-0.39, 0.29) is 0 Å². The van der Waals surface area contributed by atoms with E-state index in [1.807, 2.05) is 36.4 Å². The summed E-state index contributed by atoms with van der Waals surface area (Å²) in [5, 5.41) is 4.76. The van der Waals surface area contributed by atoms with Gasteiger partial charge in [-0.15, -0.1) is 0 Å². The Hall–Kier alpha value is -1.87. The number of hydrogen-bond acceptors (Lipinski definition) is 3. The maximum atomic E-state index is 5.84. The number of halogens is 1. The van der Waals surface area contributed by atoms with Crippen molar-refractivity contribution in [2.45, 2.75) is 0 Å². The molecule has 0 radical (unpaired) electrons. The van der Waals surface area contributed by atoms with Gasteiger partial charge in [0.05, 0.1) is 11.9 Å². The normalized spacial score (nSPS) is 10.6. The predicted octanol–water partition coefficient (Wildman–Crippen LogP) is 3.18. The summed E-state index contributed by atoms with van der Waals surface area (Å²) >= 11 is 5.84. The molecule has 0 bridgehead atoms. The highest BCUT2D eigenvalue weighted by molar-refractivity contribution is 6.30. The van der Waals surface area contributed by atoms with Gasteiger partial charge in [-0.1, -0.05) is 23.7 Å². The minimum atomic E-state index is 0.682. The quantitative estimate of drug-likeness (QED) is 0.651. The van der Waals surface area contributed by atoms with E-state index in [0.29, 0.717) is 5.02 Å². The first kappa shape index (κ1) is 10.6. The lowest BCUT2D eigenvalue weighted by Gasteiger charge is -1.99. The summed E-state index contributed by atoms with van der Waals surface area (Å²) in [6.45, 7) is 0. The molecule has 0 atom stereocenters. The van der Waals surface area contributed by atoms with Crippen LogP contribution in [0.25, 0.3) is 0 Å². The molecule has 4 heteroatoms. The van der Waals surface area contributed by atoms with Crippen molar-refractivity contribution in [1.82, 2.24) is 4.98 Å². The Bertz CT molecular complexity index is 483. The van der Waals surface area contributed by atoms with Crippen LogP contribution in [0.3, 0.4) is 0 Å². The molecule has 0 fully saturated rings. The number of hydrazone groups is 1. The number of hydrogen-bond donors (Lipinski definition) is 1. The average Bonchev–Trinajstić information content (AvgIpc) is 2.30. The Morgan fingerprint density at radius 2 is 2.19 bits per heavy atom. The van der Waals surface area contributed by atoms with Crippen LogP contribution in [0.5, 0.6) is 0 Å². The standard InChI is InChI=1S/C12H10ClN3/c13-11-4-1-5-12(7-11)16-15-9-10-3-2-6-14-8-10/h1-9,16H/b15-9+. The van der Waals surface area contributed by atoms with E-state index in [9.17, 15) is 0 Å². The van der Waals surface area contributed by atoms with Crippen molar-refractivity contribution in [1.29, 1.82) is 0 Å². The Kier molecular flexibility index (Phi) is 3.51. The molecule has 0 amide bonds. The van der Waals surface area contributed by atoms with Gasteiger partial charge in [-0.25, -0.2) is 0 Å². The largest absolute Gasteiger partial charge is 0.278 e. The molecular formula is C12H10ClN3. The summed E-state index contributed by atoms with van der Waals surface area (Å²) in [7, 11) is 0. The summed E-state index contributed by atoms with van der Waals surface area (Å²) in [5.74, 6) is 0. The van der Waals surface area contributed by atoms with Gasteiger partial charge in [0.15, 0.2) is 0 Å². The monoisotopic (exact) mass is 231 g/mol. The SMILES string of the molecule is Clc1cccc(N/N=C/c2cccnc2)c1. The molecule has 0 saturated carbocycles. The molecule has 0 saturated heterocycles. The molecule has 0 unspecified atom stereocenters. The maximum absolute atomic E-state index is 5.84. The van der Waals surface area contributed by atoms with Crippen LogP contribution >= 0.6 is 11.6 Å². The molecule has 1 N–H and O–H groups in total. The third-order valence-electron chi connectivity index (χ3n) is 1.92. The van der Waals surface area contributed by atoms with Crippen molar-refractivity contribution < 1.29 is 0 Å². The van der Waals surface area contributed by atoms with Crippen LogP contribution in [0.1, 0.15) is 5.56 Å². The number of pyridine rings is 1. The summed E-state index contributed by atoms with van der Waals surface area (Å²) in [6, 6.07) is 11.2. The molecule has 80 valence electrons. The van der Waals surface area contributed by atoms with Gasteiger partial charge in [0.25, 0.3) is 0 Å². The predicted molar refractivity (Wildman–Crippen MR) is 66.9 cm³/mol. The molecule has 16 heavy (non-hydrogen) atoms. The average molecular weight is 232 g/mol. The lowest BCUT2D eigenvalue weighted by Crippen LogP contribution is -1.90. The van der Waals surface area contributed by atoms with Gasteiger partial charge in [0, 0.05) is 23.0 Å². The van der Waals surface area contributed by atoms with Gasteiger partial charge >= 0.3 is 0 Å². The molecule has 0 aliphatic heterocycles. The first-order valence-electron chi connectivity index (χ1n) is 4.79. The zero-order valence-corrected chi connectivity index (χ0v) is 9.22. The number of anilines is 1. The summed E-state index contributed by atoms with van der Waals surface area (Å²) < 4.78 is 0. The Morgan fingerprint density at radius 3 is 2.94 bits per heavy atom. The lowest BCUT2D eigenvalue weighted by molar-refractivity contribution is 1.30. The summed E-state index contributed by atoms with van der Waals surface area (Å²) in [5.41, 5.74) is 4.69. The second-order valence-corrected chi connectivity index (χ2v) is 3.60. The molecular weight excluding hydrogens is 222 g/mol. The molecule has 2 rings (SSSR count). The molecule has 1 aromatic heterocycles. The van der Waals surface area contributed by atoms with Crippen molar-refractivity contribution in [2.75, 3.05) is 5.43 Å². The number of nitrogens with zero attached hydrogens (tertiary/aromatic N) is 2. The summed E-state index contributed by atoms with van der Waals surface area (Å²) in [4.78, 5) is 3.98. The first-order chi connectivity index (χ1) is 7.84. The second kappa shape index (κ2) is 5.28. The van der Waals surface area contributed by atoms with Gasteiger partial charge in [-0.05, 0) is 24.3 Å². The first-order valence-corrected chi connectivity index (χ1v) is 5.17. The van der Waals surface area contributed by atoms with Crippen LogP contribution < -0.4 is 5.43 Å². The highest BCUT2D eigenvalue weighted by Crippen LogP contribution is 2.14. The van der Waals surface area contributed by atoms with Gasteiger partial charge < -0.3 is 0 Å². The summed E-state index contributed by atoms with van der Waals surface area (Å²) in [6.07, 6.45) is 5.17. The lowest BCUT2D eigenvalue weighted by atomic mass is 10.3. The highest BCUT2D eigenvalue weighted by atomic mass is 35.5. The Labute approximate surface area is 98.8 Å². The molecule has 1 heterocycles. The zero-order chi connectivity index (χ0) is 11.2.